The molecule has 10 heteroatoms. The number of rotatable bonds is 6. The van der Waals surface area contributed by atoms with E-state index in [0.717, 1.165) is 4.68 Å². The number of anilines is 1. The van der Waals surface area contributed by atoms with Gasteiger partial charge in [0.25, 0.3) is 5.91 Å². The van der Waals surface area contributed by atoms with Crippen molar-refractivity contribution in [2.24, 2.45) is 0 Å². The van der Waals surface area contributed by atoms with Gasteiger partial charge < -0.3 is 15.2 Å². The molecule has 182 valence electrons. The molecule has 0 radical (unpaired) electrons. The van der Waals surface area contributed by atoms with Crippen molar-refractivity contribution < 1.29 is 27.8 Å². The third kappa shape index (κ3) is 5.06. The zero-order valence-corrected chi connectivity index (χ0v) is 18.8. The molecule has 0 saturated carbocycles. The molecule has 0 aliphatic carbocycles. The summed E-state index contributed by atoms with van der Waals surface area (Å²) in [6.07, 6.45) is -5.86. The average Bonchev–Trinajstić information content (AvgIpc) is 3.35. The number of carbonyl (C=O) groups is 1. The Hall–Kier alpha value is -4.62. The zero-order valence-electron chi connectivity index (χ0n) is 18.8. The summed E-state index contributed by atoms with van der Waals surface area (Å²) in [5, 5.41) is 26.1. The maximum Gasteiger partial charge on any atom is 0.435 e. The molecular formula is C26H19F3N4O3. The van der Waals surface area contributed by atoms with Crippen molar-refractivity contribution in [3.63, 3.8) is 0 Å². The average molecular weight is 492 g/mol. The van der Waals surface area contributed by atoms with Gasteiger partial charge in [0.05, 0.1) is 24.4 Å². The number of methoxy groups -OCH3 is 1. The molecule has 4 rings (SSSR count). The van der Waals surface area contributed by atoms with Crippen LogP contribution in [-0.2, 0) is 6.18 Å². The number of ether oxygens (including phenoxy) is 1. The number of aliphatic hydroxyl groups is 1. The van der Waals surface area contributed by atoms with Gasteiger partial charge in [-0.3, -0.25) is 4.79 Å². The van der Waals surface area contributed by atoms with Crippen LogP contribution in [0.3, 0.4) is 0 Å². The zero-order chi connectivity index (χ0) is 25.9. The molecule has 0 aliphatic rings. The quantitative estimate of drug-likeness (QED) is 0.390. The number of carbonyl (C=O) groups excluding carboxylic acids is 1. The lowest BCUT2D eigenvalue weighted by Crippen LogP contribution is -2.17. The Labute approximate surface area is 204 Å². The van der Waals surface area contributed by atoms with Crippen LogP contribution in [0.25, 0.3) is 5.69 Å². The van der Waals surface area contributed by atoms with E-state index in [9.17, 15) is 23.1 Å². The van der Waals surface area contributed by atoms with E-state index >= 15 is 0 Å². The molecule has 1 unspecified atom stereocenters. The lowest BCUT2D eigenvalue weighted by molar-refractivity contribution is -0.141. The number of hydrogen-bond donors (Lipinski definition) is 2. The second kappa shape index (κ2) is 9.93. The van der Waals surface area contributed by atoms with E-state index in [-0.39, 0.29) is 22.6 Å². The molecule has 2 N–H and O–H groups in total. The van der Waals surface area contributed by atoms with E-state index in [0.29, 0.717) is 22.9 Å². The first kappa shape index (κ1) is 24.5. The van der Waals surface area contributed by atoms with Crippen LogP contribution in [0.5, 0.6) is 5.75 Å². The van der Waals surface area contributed by atoms with E-state index in [1.165, 1.54) is 43.5 Å². The number of amides is 1. The molecule has 4 aromatic rings. The number of para-hydroxylation sites is 1. The van der Waals surface area contributed by atoms with Crippen LogP contribution in [0.15, 0.2) is 78.9 Å². The molecule has 1 heterocycles. The SMILES string of the molecule is COc1ccccc1C(O)c1cccc(NC(=O)c2cc(C(F)(F)F)nn2-c2cccc(C#N)c2)c1. The fourth-order valence-corrected chi connectivity index (χ4v) is 3.64. The summed E-state index contributed by atoms with van der Waals surface area (Å²) in [6.45, 7) is 0. The van der Waals surface area contributed by atoms with Gasteiger partial charge in [-0.1, -0.05) is 36.4 Å². The summed E-state index contributed by atoms with van der Waals surface area (Å²) in [4.78, 5) is 13.1. The Bertz CT molecular complexity index is 1460. The highest BCUT2D eigenvalue weighted by Crippen LogP contribution is 2.32. The summed E-state index contributed by atoms with van der Waals surface area (Å²) in [5.41, 5.74) is -0.129. The Kier molecular flexibility index (Phi) is 6.76. The van der Waals surface area contributed by atoms with Crippen LogP contribution in [0.4, 0.5) is 18.9 Å². The summed E-state index contributed by atoms with van der Waals surface area (Å²) in [6, 6.07) is 21.5. The van der Waals surface area contributed by atoms with Crippen LogP contribution in [-0.4, -0.2) is 27.9 Å². The van der Waals surface area contributed by atoms with E-state index < -0.39 is 23.9 Å². The third-order valence-electron chi connectivity index (χ3n) is 5.35. The molecule has 0 bridgehead atoms. The predicted molar refractivity (Wildman–Crippen MR) is 125 cm³/mol. The van der Waals surface area contributed by atoms with Crippen LogP contribution >= 0.6 is 0 Å². The first-order valence-electron chi connectivity index (χ1n) is 10.6. The number of halogens is 3. The van der Waals surface area contributed by atoms with Crippen molar-refractivity contribution in [1.29, 1.82) is 5.26 Å². The van der Waals surface area contributed by atoms with E-state index in [1.54, 1.807) is 36.4 Å². The van der Waals surface area contributed by atoms with Gasteiger partial charge >= 0.3 is 6.18 Å². The second-order valence-electron chi connectivity index (χ2n) is 7.71. The highest BCUT2D eigenvalue weighted by atomic mass is 19.4. The summed E-state index contributed by atoms with van der Waals surface area (Å²) in [5.74, 6) is -0.382. The minimum Gasteiger partial charge on any atom is -0.496 e. The monoisotopic (exact) mass is 492 g/mol. The van der Waals surface area contributed by atoms with Gasteiger partial charge in [0, 0.05) is 17.3 Å². The number of nitriles is 1. The fourth-order valence-electron chi connectivity index (χ4n) is 3.64. The summed E-state index contributed by atoms with van der Waals surface area (Å²) < 4.78 is 46.3. The van der Waals surface area contributed by atoms with E-state index in [4.69, 9.17) is 10.00 Å². The standard InChI is InChI=1S/C26H19F3N4O3/c1-36-22-11-3-2-10-20(22)24(34)17-7-5-8-18(13-17)31-25(35)21-14-23(26(27,28)29)32-33(21)19-9-4-6-16(12-19)15-30/h2-14,24,34H,1H3,(H,31,35). The van der Waals surface area contributed by atoms with Gasteiger partial charge in [-0.2, -0.15) is 23.5 Å². The topological polar surface area (TPSA) is 100 Å². The van der Waals surface area contributed by atoms with Crippen LogP contribution in [0.2, 0.25) is 0 Å². The van der Waals surface area contributed by atoms with Gasteiger partial charge in [-0.05, 0) is 42.0 Å². The third-order valence-corrected chi connectivity index (χ3v) is 5.35. The highest BCUT2D eigenvalue weighted by molar-refractivity contribution is 6.03. The van der Waals surface area contributed by atoms with Crippen LogP contribution < -0.4 is 10.1 Å². The molecule has 0 spiro atoms. The molecule has 3 aromatic carbocycles. The number of benzene rings is 3. The Morgan fingerprint density at radius 1 is 1.08 bits per heavy atom. The van der Waals surface area contributed by atoms with Crippen molar-refractivity contribution in [1.82, 2.24) is 9.78 Å². The number of nitrogens with one attached hydrogen (secondary N) is 1. The van der Waals surface area contributed by atoms with Crippen molar-refractivity contribution in [2.45, 2.75) is 12.3 Å². The molecule has 36 heavy (non-hydrogen) atoms. The van der Waals surface area contributed by atoms with Gasteiger partial charge in [0.15, 0.2) is 5.69 Å². The number of nitrogens with zero attached hydrogens (tertiary/aromatic N) is 3. The summed E-state index contributed by atoms with van der Waals surface area (Å²) in [7, 11) is 1.48. The second-order valence-corrected chi connectivity index (χ2v) is 7.71. The van der Waals surface area contributed by atoms with Gasteiger partial charge in [0.1, 0.15) is 17.5 Å². The largest absolute Gasteiger partial charge is 0.496 e. The molecule has 1 atom stereocenters. The Balaban J connectivity index is 1.67. The first-order chi connectivity index (χ1) is 17.2. The van der Waals surface area contributed by atoms with Crippen molar-refractivity contribution >= 4 is 11.6 Å². The number of alkyl halides is 3. The van der Waals surface area contributed by atoms with Crippen molar-refractivity contribution in [3.05, 3.63) is 107 Å². The Morgan fingerprint density at radius 2 is 1.83 bits per heavy atom. The minimum absolute atomic E-state index is 0.120. The number of hydrogen-bond acceptors (Lipinski definition) is 5. The van der Waals surface area contributed by atoms with Crippen molar-refractivity contribution in [2.75, 3.05) is 12.4 Å². The van der Waals surface area contributed by atoms with Crippen LogP contribution in [0.1, 0.15) is 39.0 Å². The van der Waals surface area contributed by atoms with Crippen molar-refractivity contribution in [3.8, 4) is 17.5 Å². The fraction of sp³-hybridized carbons (Fsp3) is 0.115. The van der Waals surface area contributed by atoms with Gasteiger partial charge in [-0.15, -0.1) is 0 Å². The summed E-state index contributed by atoms with van der Waals surface area (Å²) >= 11 is 0. The Morgan fingerprint density at radius 3 is 2.56 bits per heavy atom. The highest BCUT2D eigenvalue weighted by Gasteiger charge is 2.36. The molecular weight excluding hydrogens is 473 g/mol. The lowest BCUT2D eigenvalue weighted by atomic mass is 10.00. The maximum atomic E-state index is 13.4. The smallest absolute Gasteiger partial charge is 0.435 e. The molecule has 0 saturated heterocycles. The van der Waals surface area contributed by atoms with Gasteiger partial charge in [0.2, 0.25) is 0 Å². The molecule has 1 aromatic heterocycles. The van der Waals surface area contributed by atoms with Crippen LogP contribution in [0, 0.1) is 11.3 Å². The predicted octanol–water partition coefficient (Wildman–Crippen LogP) is 5.11. The molecule has 0 fully saturated rings. The number of aromatic nitrogens is 2. The normalized spacial score (nSPS) is 12.0. The maximum absolute atomic E-state index is 13.4. The molecule has 7 nitrogen and oxygen atoms in total. The molecule has 1 amide bonds. The van der Waals surface area contributed by atoms with E-state index in [2.05, 4.69) is 10.4 Å². The lowest BCUT2D eigenvalue weighted by Gasteiger charge is -2.16. The van der Waals surface area contributed by atoms with E-state index in [1.807, 2.05) is 6.07 Å². The number of aliphatic hydroxyl groups excluding tert-OH is 1. The molecule has 0 aliphatic heterocycles. The van der Waals surface area contributed by atoms with Gasteiger partial charge in [-0.25, -0.2) is 4.68 Å². The minimum atomic E-state index is -4.79. The first-order valence-corrected chi connectivity index (χ1v) is 10.6.